The molecule has 0 heterocycles. The van der Waals surface area contributed by atoms with Gasteiger partial charge in [-0.05, 0) is 37.7 Å². The Balaban J connectivity index is 3.32. The van der Waals surface area contributed by atoms with Crippen LogP contribution in [-0.2, 0) is 15.1 Å². The van der Waals surface area contributed by atoms with Gasteiger partial charge in [0.2, 0.25) is 0 Å². The van der Waals surface area contributed by atoms with Gasteiger partial charge in [-0.3, -0.25) is 4.90 Å². The van der Waals surface area contributed by atoms with Crippen LogP contribution < -0.4 is 0 Å². The first-order valence-corrected chi connectivity index (χ1v) is 6.10. The van der Waals surface area contributed by atoms with Crippen molar-refractivity contribution in [1.29, 1.82) is 0 Å². The molecule has 0 spiro atoms. The Bertz CT molecular complexity index is 418. The lowest BCUT2D eigenvalue weighted by Gasteiger charge is -2.38. The monoisotopic (exact) mass is 253 g/mol. The summed E-state index contributed by atoms with van der Waals surface area (Å²) in [6.45, 7) is 7.05. The first-order valence-electron chi connectivity index (χ1n) is 6.10. The molecule has 100 valence electrons. The summed E-state index contributed by atoms with van der Waals surface area (Å²) in [4.78, 5) is 14.1. The fraction of sp³-hybridized carbons (Fsp3) is 0.500. The van der Waals surface area contributed by atoms with Crippen molar-refractivity contribution in [3.05, 3.63) is 35.6 Å². The summed E-state index contributed by atoms with van der Waals surface area (Å²) < 4.78 is 18.3. The number of hydrogen-bond acceptors (Lipinski definition) is 3. The average molecular weight is 253 g/mol. The third kappa shape index (κ3) is 2.53. The van der Waals surface area contributed by atoms with E-state index in [0.717, 1.165) is 0 Å². The van der Waals surface area contributed by atoms with E-state index in [1.54, 1.807) is 19.1 Å². The maximum atomic E-state index is 13.4. The summed E-state index contributed by atoms with van der Waals surface area (Å²) in [6, 6.07) is 6.10. The maximum absolute atomic E-state index is 13.4. The lowest BCUT2D eigenvalue weighted by molar-refractivity contribution is -0.155. The molecule has 0 radical (unpaired) electrons. The van der Waals surface area contributed by atoms with Crippen molar-refractivity contribution in [2.24, 2.45) is 0 Å². The highest BCUT2D eigenvalue weighted by Gasteiger charge is 2.41. The lowest BCUT2D eigenvalue weighted by atomic mass is 9.89. The van der Waals surface area contributed by atoms with E-state index in [0.29, 0.717) is 18.7 Å². The van der Waals surface area contributed by atoms with Gasteiger partial charge in [-0.2, -0.15) is 0 Å². The molecule has 3 nitrogen and oxygen atoms in total. The second kappa shape index (κ2) is 5.96. The molecule has 0 fully saturated rings. The molecule has 1 aromatic rings. The third-order valence-corrected chi connectivity index (χ3v) is 3.37. The predicted octanol–water partition coefficient (Wildman–Crippen LogP) is 2.56. The van der Waals surface area contributed by atoms with E-state index in [4.69, 9.17) is 4.74 Å². The zero-order valence-electron chi connectivity index (χ0n) is 11.4. The first-order chi connectivity index (χ1) is 8.50. The normalized spacial score (nSPS) is 14.3. The molecule has 18 heavy (non-hydrogen) atoms. The van der Waals surface area contributed by atoms with Crippen molar-refractivity contribution in [1.82, 2.24) is 4.90 Å². The summed E-state index contributed by atoms with van der Waals surface area (Å²) in [5, 5.41) is 0. The van der Waals surface area contributed by atoms with Crippen LogP contribution in [0.3, 0.4) is 0 Å². The van der Waals surface area contributed by atoms with E-state index in [1.807, 2.05) is 18.7 Å². The van der Waals surface area contributed by atoms with Gasteiger partial charge in [0.25, 0.3) is 0 Å². The highest BCUT2D eigenvalue weighted by Crippen LogP contribution is 2.30. The minimum absolute atomic E-state index is 0.352. The number of carbonyl (C=O) groups excluding carboxylic acids is 1. The summed E-state index contributed by atoms with van der Waals surface area (Å²) in [5.74, 6) is -0.730. The van der Waals surface area contributed by atoms with Gasteiger partial charge in [0.05, 0.1) is 7.11 Å². The molecule has 0 N–H and O–H groups in total. The van der Waals surface area contributed by atoms with E-state index in [-0.39, 0.29) is 11.8 Å². The van der Waals surface area contributed by atoms with Crippen LogP contribution in [0.4, 0.5) is 4.39 Å². The van der Waals surface area contributed by atoms with Gasteiger partial charge in [-0.15, -0.1) is 0 Å². The lowest BCUT2D eigenvalue weighted by Crippen LogP contribution is -2.50. The number of methoxy groups -OCH3 is 1. The fourth-order valence-electron chi connectivity index (χ4n) is 2.28. The van der Waals surface area contributed by atoms with Gasteiger partial charge in [0.1, 0.15) is 11.4 Å². The SMILES string of the molecule is CCN(CC)C(C)(C(=O)OC)c1cccc(F)c1. The largest absolute Gasteiger partial charge is 0.467 e. The summed E-state index contributed by atoms with van der Waals surface area (Å²) in [7, 11) is 1.35. The fourth-order valence-corrected chi connectivity index (χ4v) is 2.28. The topological polar surface area (TPSA) is 29.5 Å². The van der Waals surface area contributed by atoms with Gasteiger partial charge in [-0.1, -0.05) is 26.0 Å². The van der Waals surface area contributed by atoms with Gasteiger partial charge in [-0.25, -0.2) is 9.18 Å². The van der Waals surface area contributed by atoms with Crippen LogP contribution in [0.5, 0.6) is 0 Å². The second-order valence-electron chi connectivity index (χ2n) is 4.25. The Kier molecular flexibility index (Phi) is 4.84. The molecular weight excluding hydrogens is 233 g/mol. The van der Waals surface area contributed by atoms with Crippen LogP contribution in [0.2, 0.25) is 0 Å². The van der Waals surface area contributed by atoms with Gasteiger partial charge in [0.15, 0.2) is 0 Å². The smallest absolute Gasteiger partial charge is 0.330 e. The van der Waals surface area contributed by atoms with E-state index in [2.05, 4.69) is 0 Å². The minimum atomic E-state index is -0.958. The molecule has 4 heteroatoms. The Hall–Kier alpha value is -1.42. The molecule has 0 aliphatic heterocycles. The molecule has 0 saturated heterocycles. The minimum Gasteiger partial charge on any atom is -0.467 e. The molecule has 1 rings (SSSR count). The van der Waals surface area contributed by atoms with Gasteiger partial charge >= 0.3 is 5.97 Å². The highest BCUT2D eigenvalue weighted by atomic mass is 19.1. The maximum Gasteiger partial charge on any atom is 0.330 e. The molecule has 0 aromatic heterocycles. The predicted molar refractivity (Wildman–Crippen MR) is 68.7 cm³/mol. The van der Waals surface area contributed by atoms with Crippen LogP contribution >= 0.6 is 0 Å². The van der Waals surface area contributed by atoms with Crippen molar-refractivity contribution >= 4 is 5.97 Å². The zero-order chi connectivity index (χ0) is 13.8. The van der Waals surface area contributed by atoms with Gasteiger partial charge in [0, 0.05) is 0 Å². The Morgan fingerprint density at radius 1 is 1.39 bits per heavy atom. The Morgan fingerprint density at radius 2 is 2.00 bits per heavy atom. The van der Waals surface area contributed by atoms with Crippen LogP contribution in [0.15, 0.2) is 24.3 Å². The van der Waals surface area contributed by atoms with Crippen LogP contribution in [0.1, 0.15) is 26.3 Å². The number of halogens is 1. The summed E-state index contributed by atoms with van der Waals surface area (Å²) in [5.41, 5.74) is -0.349. The average Bonchev–Trinajstić information content (AvgIpc) is 2.38. The number of nitrogens with zero attached hydrogens (tertiary/aromatic N) is 1. The van der Waals surface area contributed by atoms with Crippen molar-refractivity contribution in [3.63, 3.8) is 0 Å². The van der Waals surface area contributed by atoms with E-state index in [1.165, 1.54) is 19.2 Å². The summed E-state index contributed by atoms with van der Waals surface area (Å²) in [6.07, 6.45) is 0. The van der Waals surface area contributed by atoms with E-state index in [9.17, 15) is 9.18 Å². The quantitative estimate of drug-likeness (QED) is 0.755. The van der Waals surface area contributed by atoms with Crippen LogP contribution in [0, 0.1) is 5.82 Å². The van der Waals surface area contributed by atoms with Crippen molar-refractivity contribution in [2.75, 3.05) is 20.2 Å². The molecule has 0 aliphatic carbocycles. The third-order valence-electron chi connectivity index (χ3n) is 3.37. The Labute approximate surface area is 108 Å². The van der Waals surface area contributed by atoms with Crippen molar-refractivity contribution < 1.29 is 13.9 Å². The molecule has 0 aliphatic rings. The standard InChI is InChI=1S/C14H20FNO2/c1-5-16(6-2)14(3,13(17)18-4)11-8-7-9-12(15)10-11/h7-10H,5-6H2,1-4H3. The number of esters is 1. The molecule has 0 amide bonds. The van der Waals surface area contributed by atoms with E-state index >= 15 is 0 Å². The van der Waals surface area contributed by atoms with Crippen LogP contribution in [-0.4, -0.2) is 31.1 Å². The number of rotatable bonds is 5. The van der Waals surface area contributed by atoms with Crippen molar-refractivity contribution in [2.45, 2.75) is 26.3 Å². The van der Waals surface area contributed by atoms with Gasteiger partial charge < -0.3 is 4.74 Å². The van der Waals surface area contributed by atoms with Crippen molar-refractivity contribution in [3.8, 4) is 0 Å². The second-order valence-corrected chi connectivity index (χ2v) is 4.25. The summed E-state index contributed by atoms with van der Waals surface area (Å²) >= 11 is 0. The number of benzene rings is 1. The van der Waals surface area contributed by atoms with E-state index < -0.39 is 5.54 Å². The van der Waals surface area contributed by atoms with Crippen LogP contribution in [0.25, 0.3) is 0 Å². The molecule has 1 atom stereocenters. The Morgan fingerprint density at radius 3 is 2.44 bits per heavy atom. The number of hydrogen-bond donors (Lipinski definition) is 0. The molecule has 1 unspecified atom stereocenters. The molecule has 0 bridgehead atoms. The zero-order valence-corrected chi connectivity index (χ0v) is 11.4. The molecule has 1 aromatic carbocycles. The highest BCUT2D eigenvalue weighted by molar-refractivity contribution is 5.82. The number of ether oxygens (including phenoxy) is 1. The number of likely N-dealkylation sites (N-methyl/N-ethyl adjacent to an activating group) is 1. The molecule has 0 saturated carbocycles. The molecular formula is C14H20FNO2. The number of carbonyl (C=O) groups is 1. The first kappa shape index (κ1) is 14.6.